The lowest BCUT2D eigenvalue weighted by atomic mass is 10.0. The average molecular weight is 286 g/mol. The van der Waals surface area contributed by atoms with Crippen LogP contribution in [0.15, 0.2) is 30.3 Å². The van der Waals surface area contributed by atoms with E-state index in [1.165, 1.54) is 0 Å². The molecular formula is C17H22N2O2. The standard InChI is InChI=1S/C17H22N2O2/c1-16(2)15(17(16,3)4)19-12(20)10-18-14(21)13(19)11-8-6-5-7-9-11/h5-9,13,15H,10H2,1-4H3,(H,18,21). The van der Waals surface area contributed by atoms with Gasteiger partial charge in [-0.15, -0.1) is 0 Å². The van der Waals surface area contributed by atoms with Crippen LogP contribution in [0.2, 0.25) is 0 Å². The Kier molecular flexibility index (Phi) is 2.91. The molecule has 4 nitrogen and oxygen atoms in total. The third kappa shape index (κ3) is 1.88. The van der Waals surface area contributed by atoms with Gasteiger partial charge in [-0.25, -0.2) is 0 Å². The lowest BCUT2D eigenvalue weighted by Gasteiger charge is -2.37. The minimum Gasteiger partial charge on any atom is -0.345 e. The molecule has 1 saturated carbocycles. The molecule has 0 bridgehead atoms. The molecule has 4 heteroatoms. The molecule has 1 atom stereocenters. The van der Waals surface area contributed by atoms with Crippen molar-refractivity contribution in [2.24, 2.45) is 10.8 Å². The molecule has 112 valence electrons. The van der Waals surface area contributed by atoms with Gasteiger partial charge in [0.05, 0.1) is 6.54 Å². The molecule has 2 amide bonds. The molecular weight excluding hydrogens is 264 g/mol. The number of benzene rings is 1. The molecule has 21 heavy (non-hydrogen) atoms. The van der Waals surface area contributed by atoms with Crippen molar-refractivity contribution >= 4 is 11.8 Å². The van der Waals surface area contributed by atoms with Crippen LogP contribution < -0.4 is 5.32 Å². The van der Waals surface area contributed by atoms with Crippen molar-refractivity contribution < 1.29 is 9.59 Å². The van der Waals surface area contributed by atoms with Gasteiger partial charge in [-0.3, -0.25) is 9.59 Å². The van der Waals surface area contributed by atoms with Gasteiger partial charge in [0.25, 0.3) is 0 Å². The highest BCUT2D eigenvalue weighted by Gasteiger charge is 2.69. The van der Waals surface area contributed by atoms with E-state index < -0.39 is 6.04 Å². The maximum atomic E-state index is 12.5. The number of hydrogen-bond acceptors (Lipinski definition) is 2. The summed E-state index contributed by atoms with van der Waals surface area (Å²) >= 11 is 0. The number of hydrogen-bond donors (Lipinski definition) is 1. The summed E-state index contributed by atoms with van der Waals surface area (Å²) in [4.78, 5) is 26.7. The van der Waals surface area contributed by atoms with Gasteiger partial charge < -0.3 is 10.2 Å². The molecule has 1 saturated heterocycles. The van der Waals surface area contributed by atoms with Gasteiger partial charge in [-0.05, 0) is 16.4 Å². The van der Waals surface area contributed by atoms with Crippen molar-refractivity contribution in [1.29, 1.82) is 0 Å². The first-order valence-electron chi connectivity index (χ1n) is 7.42. The van der Waals surface area contributed by atoms with Gasteiger partial charge in [0.1, 0.15) is 6.04 Å². The molecule has 1 aliphatic carbocycles. The van der Waals surface area contributed by atoms with Crippen molar-refractivity contribution in [1.82, 2.24) is 10.2 Å². The second-order valence-electron chi connectivity index (χ2n) is 7.18. The first kappa shape index (κ1) is 14.1. The van der Waals surface area contributed by atoms with Crippen LogP contribution in [-0.2, 0) is 9.59 Å². The topological polar surface area (TPSA) is 49.4 Å². The summed E-state index contributed by atoms with van der Waals surface area (Å²) in [7, 11) is 0. The summed E-state index contributed by atoms with van der Waals surface area (Å²) < 4.78 is 0. The molecule has 0 aromatic heterocycles. The highest BCUT2D eigenvalue weighted by molar-refractivity contribution is 5.96. The van der Waals surface area contributed by atoms with Crippen molar-refractivity contribution in [2.45, 2.75) is 39.8 Å². The Morgan fingerprint density at radius 3 is 2.14 bits per heavy atom. The first-order valence-corrected chi connectivity index (χ1v) is 7.42. The Bertz CT molecular complexity index is 578. The number of nitrogens with zero attached hydrogens (tertiary/aromatic N) is 1. The fourth-order valence-electron chi connectivity index (χ4n) is 3.72. The number of amides is 2. The van der Waals surface area contributed by atoms with Crippen LogP contribution >= 0.6 is 0 Å². The number of carbonyl (C=O) groups is 2. The monoisotopic (exact) mass is 286 g/mol. The zero-order valence-corrected chi connectivity index (χ0v) is 13.0. The Morgan fingerprint density at radius 1 is 1.05 bits per heavy atom. The van der Waals surface area contributed by atoms with E-state index in [1.807, 2.05) is 35.2 Å². The van der Waals surface area contributed by atoms with Crippen molar-refractivity contribution in [3.05, 3.63) is 35.9 Å². The Hall–Kier alpha value is -1.84. The van der Waals surface area contributed by atoms with Crippen molar-refractivity contribution in [3.63, 3.8) is 0 Å². The second kappa shape index (κ2) is 4.33. The minimum atomic E-state index is -0.515. The predicted molar refractivity (Wildman–Crippen MR) is 80.4 cm³/mol. The summed E-state index contributed by atoms with van der Waals surface area (Å²) in [6.07, 6.45) is 0. The van der Waals surface area contributed by atoms with E-state index in [2.05, 4.69) is 33.0 Å². The smallest absolute Gasteiger partial charge is 0.247 e. The van der Waals surface area contributed by atoms with E-state index in [0.717, 1.165) is 5.56 Å². The van der Waals surface area contributed by atoms with Gasteiger partial charge in [-0.2, -0.15) is 0 Å². The van der Waals surface area contributed by atoms with E-state index >= 15 is 0 Å². The fraction of sp³-hybridized carbons (Fsp3) is 0.529. The summed E-state index contributed by atoms with van der Waals surface area (Å²) in [6, 6.07) is 9.14. The third-order valence-corrected chi connectivity index (χ3v) is 5.57. The molecule has 1 heterocycles. The van der Waals surface area contributed by atoms with E-state index in [4.69, 9.17) is 0 Å². The molecule has 1 N–H and O–H groups in total. The molecule has 1 aliphatic heterocycles. The van der Waals surface area contributed by atoms with Gasteiger partial charge in [0, 0.05) is 6.04 Å². The molecule has 1 unspecified atom stereocenters. The first-order chi connectivity index (χ1) is 9.78. The van der Waals surface area contributed by atoms with Crippen LogP contribution in [0.1, 0.15) is 39.3 Å². The van der Waals surface area contributed by atoms with Gasteiger partial charge in [0.2, 0.25) is 11.8 Å². The number of piperazine rings is 1. The van der Waals surface area contributed by atoms with Crippen LogP contribution in [-0.4, -0.2) is 29.3 Å². The molecule has 2 fully saturated rings. The van der Waals surface area contributed by atoms with Crippen LogP contribution in [0.3, 0.4) is 0 Å². The number of carbonyl (C=O) groups excluding carboxylic acids is 2. The lowest BCUT2D eigenvalue weighted by molar-refractivity contribution is -0.147. The maximum absolute atomic E-state index is 12.5. The molecule has 1 aromatic rings. The second-order valence-corrected chi connectivity index (χ2v) is 7.18. The Labute approximate surface area is 125 Å². The number of nitrogens with one attached hydrogen (secondary N) is 1. The highest BCUT2D eigenvalue weighted by Crippen LogP contribution is 2.66. The summed E-state index contributed by atoms with van der Waals surface area (Å²) in [5.74, 6) is -0.0774. The maximum Gasteiger partial charge on any atom is 0.247 e. The predicted octanol–water partition coefficient (Wildman–Crippen LogP) is 2.12. The fourth-order valence-corrected chi connectivity index (χ4v) is 3.72. The number of rotatable bonds is 2. The molecule has 2 aliphatic rings. The molecule has 0 radical (unpaired) electrons. The van der Waals surface area contributed by atoms with Gasteiger partial charge >= 0.3 is 0 Å². The van der Waals surface area contributed by atoms with Crippen molar-refractivity contribution in [3.8, 4) is 0 Å². The van der Waals surface area contributed by atoms with Gasteiger partial charge in [-0.1, -0.05) is 58.0 Å². The molecule has 3 rings (SSSR count). The quantitative estimate of drug-likeness (QED) is 0.905. The normalized spacial score (nSPS) is 27.4. The van der Waals surface area contributed by atoms with E-state index in [-0.39, 0.29) is 35.2 Å². The lowest BCUT2D eigenvalue weighted by Crippen LogP contribution is -2.55. The van der Waals surface area contributed by atoms with Crippen molar-refractivity contribution in [2.75, 3.05) is 6.54 Å². The van der Waals surface area contributed by atoms with Crippen LogP contribution in [0.25, 0.3) is 0 Å². The summed E-state index contributed by atoms with van der Waals surface area (Å²) in [6.45, 7) is 8.77. The minimum absolute atomic E-state index is 0.00658. The zero-order valence-electron chi connectivity index (χ0n) is 13.0. The largest absolute Gasteiger partial charge is 0.345 e. The Balaban J connectivity index is 2.03. The summed E-state index contributed by atoms with van der Waals surface area (Å²) in [5, 5.41) is 2.72. The summed E-state index contributed by atoms with van der Waals surface area (Å²) in [5.41, 5.74) is 0.919. The Morgan fingerprint density at radius 2 is 1.62 bits per heavy atom. The highest BCUT2D eigenvalue weighted by atomic mass is 16.2. The molecule has 1 aromatic carbocycles. The SMILES string of the molecule is CC1(C)C(N2C(=O)CNC(=O)C2c2ccccc2)C1(C)C. The van der Waals surface area contributed by atoms with E-state index in [9.17, 15) is 9.59 Å². The zero-order chi connectivity index (χ0) is 15.4. The average Bonchev–Trinajstić information content (AvgIpc) is 2.83. The van der Waals surface area contributed by atoms with Crippen LogP contribution in [0.4, 0.5) is 0 Å². The van der Waals surface area contributed by atoms with Crippen LogP contribution in [0, 0.1) is 10.8 Å². The molecule has 0 spiro atoms. The van der Waals surface area contributed by atoms with E-state index in [1.54, 1.807) is 0 Å². The van der Waals surface area contributed by atoms with E-state index in [0.29, 0.717) is 0 Å². The third-order valence-electron chi connectivity index (χ3n) is 5.57. The van der Waals surface area contributed by atoms with Gasteiger partial charge in [0.15, 0.2) is 0 Å². The van der Waals surface area contributed by atoms with Crippen LogP contribution in [0.5, 0.6) is 0 Å².